The SMILES string of the molecule is Cc1cc2ncc(CNC(C)c3cccs3)cn2n1. The van der Waals surface area contributed by atoms with Crippen LogP contribution in [0, 0.1) is 6.92 Å². The van der Waals surface area contributed by atoms with Crippen molar-refractivity contribution in [1.29, 1.82) is 0 Å². The lowest BCUT2D eigenvalue weighted by atomic mass is 10.2. The Morgan fingerprint density at radius 1 is 1.47 bits per heavy atom. The zero-order valence-corrected chi connectivity index (χ0v) is 11.8. The molecule has 4 nitrogen and oxygen atoms in total. The Morgan fingerprint density at radius 2 is 2.37 bits per heavy atom. The predicted octanol–water partition coefficient (Wildman–Crippen LogP) is 2.95. The van der Waals surface area contributed by atoms with Gasteiger partial charge >= 0.3 is 0 Å². The third-order valence-corrected chi connectivity index (χ3v) is 4.13. The first kappa shape index (κ1) is 12.3. The van der Waals surface area contributed by atoms with Crippen LogP contribution in [0.1, 0.15) is 29.1 Å². The van der Waals surface area contributed by atoms with Gasteiger partial charge in [0.15, 0.2) is 5.65 Å². The summed E-state index contributed by atoms with van der Waals surface area (Å²) in [5.74, 6) is 0. The van der Waals surface area contributed by atoms with E-state index in [9.17, 15) is 0 Å². The fraction of sp³-hybridized carbons (Fsp3) is 0.286. The van der Waals surface area contributed by atoms with E-state index in [1.54, 1.807) is 11.3 Å². The van der Waals surface area contributed by atoms with E-state index in [1.807, 2.05) is 29.9 Å². The highest BCUT2D eigenvalue weighted by atomic mass is 32.1. The van der Waals surface area contributed by atoms with Gasteiger partial charge in [-0.1, -0.05) is 6.07 Å². The summed E-state index contributed by atoms with van der Waals surface area (Å²) in [6.07, 6.45) is 3.94. The number of rotatable bonds is 4. The van der Waals surface area contributed by atoms with E-state index in [0.29, 0.717) is 6.04 Å². The van der Waals surface area contributed by atoms with Gasteiger partial charge in [0.05, 0.1) is 5.69 Å². The van der Waals surface area contributed by atoms with Gasteiger partial charge in [-0.05, 0) is 25.3 Å². The topological polar surface area (TPSA) is 42.2 Å². The van der Waals surface area contributed by atoms with Crippen LogP contribution in [-0.2, 0) is 6.54 Å². The van der Waals surface area contributed by atoms with Crippen LogP contribution in [0.4, 0.5) is 0 Å². The quantitative estimate of drug-likeness (QED) is 0.794. The maximum atomic E-state index is 4.41. The van der Waals surface area contributed by atoms with E-state index in [2.05, 4.69) is 39.8 Å². The van der Waals surface area contributed by atoms with Crippen molar-refractivity contribution in [2.45, 2.75) is 26.4 Å². The number of fused-ring (bicyclic) bond motifs is 1. The minimum absolute atomic E-state index is 0.357. The molecule has 0 radical (unpaired) electrons. The van der Waals surface area contributed by atoms with Gasteiger partial charge in [-0.15, -0.1) is 11.3 Å². The van der Waals surface area contributed by atoms with E-state index >= 15 is 0 Å². The largest absolute Gasteiger partial charge is 0.305 e. The fourth-order valence-corrected chi connectivity index (χ4v) is 2.79. The van der Waals surface area contributed by atoms with Crippen LogP contribution in [0.3, 0.4) is 0 Å². The maximum Gasteiger partial charge on any atom is 0.155 e. The molecule has 0 saturated carbocycles. The van der Waals surface area contributed by atoms with Crippen molar-refractivity contribution in [2.75, 3.05) is 0 Å². The van der Waals surface area contributed by atoms with Crippen LogP contribution in [0.5, 0.6) is 0 Å². The van der Waals surface area contributed by atoms with Crippen LogP contribution < -0.4 is 5.32 Å². The third kappa shape index (κ3) is 2.67. The summed E-state index contributed by atoms with van der Waals surface area (Å²) >= 11 is 1.78. The molecule has 0 amide bonds. The second-order valence-electron chi connectivity index (χ2n) is 4.67. The molecule has 3 heterocycles. The monoisotopic (exact) mass is 272 g/mol. The number of aryl methyl sites for hydroxylation is 1. The Hall–Kier alpha value is -1.72. The van der Waals surface area contributed by atoms with Crippen molar-refractivity contribution in [3.63, 3.8) is 0 Å². The normalized spacial score (nSPS) is 12.9. The lowest BCUT2D eigenvalue weighted by Crippen LogP contribution is -2.17. The first-order valence-electron chi connectivity index (χ1n) is 6.30. The molecule has 0 aliphatic rings. The smallest absolute Gasteiger partial charge is 0.155 e. The molecule has 0 fully saturated rings. The molecule has 0 bridgehead atoms. The summed E-state index contributed by atoms with van der Waals surface area (Å²) in [5.41, 5.74) is 3.02. The Balaban J connectivity index is 1.71. The molecule has 0 spiro atoms. The van der Waals surface area contributed by atoms with Gasteiger partial charge in [-0.2, -0.15) is 5.10 Å². The first-order chi connectivity index (χ1) is 9.22. The van der Waals surface area contributed by atoms with Crippen LogP contribution in [-0.4, -0.2) is 14.6 Å². The highest BCUT2D eigenvalue weighted by Crippen LogP contribution is 2.18. The van der Waals surface area contributed by atoms with E-state index in [-0.39, 0.29) is 0 Å². The second kappa shape index (κ2) is 5.11. The van der Waals surface area contributed by atoms with E-state index in [0.717, 1.165) is 23.4 Å². The lowest BCUT2D eigenvalue weighted by molar-refractivity contribution is 0.580. The summed E-state index contributed by atoms with van der Waals surface area (Å²) < 4.78 is 1.84. The Morgan fingerprint density at radius 3 is 3.16 bits per heavy atom. The van der Waals surface area contributed by atoms with Crippen molar-refractivity contribution in [2.24, 2.45) is 0 Å². The zero-order valence-electron chi connectivity index (χ0n) is 11.0. The van der Waals surface area contributed by atoms with E-state index in [4.69, 9.17) is 0 Å². The van der Waals surface area contributed by atoms with Gasteiger partial charge in [0.1, 0.15) is 0 Å². The number of hydrogen-bond donors (Lipinski definition) is 1. The minimum atomic E-state index is 0.357. The van der Waals surface area contributed by atoms with Gasteiger partial charge in [0, 0.05) is 41.5 Å². The molecule has 0 aliphatic carbocycles. The average molecular weight is 272 g/mol. The highest BCUT2D eigenvalue weighted by molar-refractivity contribution is 7.10. The number of hydrogen-bond acceptors (Lipinski definition) is 4. The predicted molar refractivity (Wildman–Crippen MR) is 77.3 cm³/mol. The summed E-state index contributed by atoms with van der Waals surface area (Å²) in [4.78, 5) is 5.76. The number of nitrogens with zero attached hydrogens (tertiary/aromatic N) is 3. The van der Waals surface area contributed by atoms with Gasteiger partial charge in [-0.3, -0.25) is 0 Å². The number of thiophene rings is 1. The van der Waals surface area contributed by atoms with Crippen molar-refractivity contribution in [1.82, 2.24) is 19.9 Å². The van der Waals surface area contributed by atoms with Gasteiger partial charge in [0.25, 0.3) is 0 Å². The van der Waals surface area contributed by atoms with E-state index < -0.39 is 0 Å². The summed E-state index contributed by atoms with van der Waals surface area (Å²) in [6, 6.07) is 6.57. The molecule has 98 valence electrons. The molecule has 3 aromatic heterocycles. The van der Waals surface area contributed by atoms with Gasteiger partial charge in [0.2, 0.25) is 0 Å². The van der Waals surface area contributed by atoms with Crippen LogP contribution in [0.25, 0.3) is 5.65 Å². The van der Waals surface area contributed by atoms with Crippen LogP contribution >= 0.6 is 11.3 Å². The van der Waals surface area contributed by atoms with Crippen LogP contribution in [0.2, 0.25) is 0 Å². The molecular formula is C14H16N4S. The molecule has 3 rings (SSSR count). The third-order valence-electron chi connectivity index (χ3n) is 3.07. The fourth-order valence-electron chi connectivity index (χ4n) is 2.03. The van der Waals surface area contributed by atoms with Crippen molar-refractivity contribution in [3.05, 3.63) is 52.1 Å². The van der Waals surface area contributed by atoms with Crippen molar-refractivity contribution in [3.8, 4) is 0 Å². The number of aromatic nitrogens is 3. The molecule has 0 saturated heterocycles. The standard InChI is InChI=1S/C14H16N4S/c1-10-6-14-16-8-12(9-18(14)17-10)7-15-11(2)13-4-3-5-19-13/h3-6,8-9,11,15H,7H2,1-2H3. The maximum absolute atomic E-state index is 4.41. The lowest BCUT2D eigenvalue weighted by Gasteiger charge is -2.11. The first-order valence-corrected chi connectivity index (χ1v) is 7.18. The summed E-state index contributed by atoms with van der Waals surface area (Å²) in [5, 5.41) is 9.99. The Labute approximate surface area is 116 Å². The molecule has 1 atom stereocenters. The number of nitrogens with one attached hydrogen (secondary N) is 1. The minimum Gasteiger partial charge on any atom is -0.305 e. The van der Waals surface area contributed by atoms with Gasteiger partial charge in [-0.25, -0.2) is 9.50 Å². The Kier molecular flexibility index (Phi) is 3.31. The van der Waals surface area contributed by atoms with Crippen molar-refractivity contribution < 1.29 is 0 Å². The van der Waals surface area contributed by atoms with Gasteiger partial charge < -0.3 is 5.32 Å². The molecule has 0 aliphatic heterocycles. The zero-order chi connectivity index (χ0) is 13.2. The molecule has 5 heteroatoms. The average Bonchev–Trinajstić information content (AvgIpc) is 3.03. The molecule has 1 unspecified atom stereocenters. The molecule has 0 aromatic carbocycles. The molecular weight excluding hydrogens is 256 g/mol. The van der Waals surface area contributed by atoms with Crippen LogP contribution in [0.15, 0.2) is 36.0 Å². The molecule has 1 N–H and O–H groups in total. The summed E-state index contributed by atoms with van der Waals surface area (Å²) in [7, 11) is 0. The molecule has 19 heavy (non-hydrogen) atoms. The van der Waals surface area contributed by atoms with Crippen molar-refractivity contribution >= 4 is 17.0 Å². The van der Waals surface area contributed by atoms with E-state index in [1.165, 1.54) is 4.88 Å². The molecule has 3 aromatic rings. The highest BCUT2D eigenvalue weighted by Gasteiger charge is 2.06. The second-order valence-corrected chi connectivity index (χ2v) is 5.65. The Bertz CT molecular complexity index is 672. The summed E-state index contributed by atoms with van der Waals surface area (Å²) in [6.45, 7) is 4.95.